The molecule has 4 saturated carbocycles. The Morgan fingerprint density at radius 1 is 0.549 bits per heavy atom. The van der Waals surface area contributed by atoms with E-state index >= 15 is 0 Å². The lowest BCUT2D eigenvalue weighted by molar-refractivity contribution is -0.243. The second-order valence-electron chi connectivity index (χ2n) is 19.9. The van der Waals surface area contributed by atoms with Crippen molar-refractivity contribution < 1.29 is 104 Å². The van der Waals surface area contributed by atoms with Crippen molar-refractivity contribution in [3.8, 4) is 0 Å². The number of esters is 1. The molecule has 21 nitrogen and oxygen atoms in total. The lowest BCUT2D eigenvalue weighted by Gasteiger charge is -2.40. The first-order valence-corrected chi connectivity index (χ1v) is 23.4. The summed E-state index contributed by atoms with van der Waals surface area (Å²) in [6, 6.07) is 6.34. The standard InChI is InChI=1S/C16H22O2.C9H16O4.3C8H14O5.CH4/c1-11(2)14-8-6-13(7-9-16(17)18-5)10-15(14)12(3)4;1-6-3-9(2,13-5-10)4-7(11)8(6)12;1-5-6(10)2-8(12,13-4-9)3-7(5)11;2*1-5-2-8(12,13-4-9)3-6(10)7(5)11;/h6-12H,1-5H3;5-8,11-12H,3-4H2,1-2H3;3*4-7,10-12H,2-3H2,1H3;1H4/b9-7+;;;;;. The number of rotatable bonds is 12. The highest BCUT2D eigenvalue weighted by atomic mass is 16.7. The van der Waals surface area contributed by atoms with Crippen molar-refractivity contribution in [3.63, 3.8) is 0 Å². The molecule has 0 heterocycles. The van der Waals surface area contributed by atoms with Gasteiger partial charge in [0.1, 0.15) is 5.60 Å². The summed E-state index contributed by atoms with van der Waals surface area (Å²) in [4.78, 5) is 51.4. The fourth-order valence-electron chi connectivity index (χ4n) is 8.99. The maximum Gasteiger partial charge on any atom is 0.330 e. The van der Waals surface area contributed by atoms with Crippen LogP contribution in [0.4, 0.5) is 0 Å². The molecule has 5 rings (SSSR count). The van der Waals surface area contributed by atoms with Gasteiger partial charge in [-0.15, -0.1) is 0 Å². The lowest BCUT2D eigenvalue weighted by Crippen LogP contribution is -2.50. The fraction of sp³-hybridized carbons (Fsp3) is 0.740. The van der Waals surface area contributed by atoms with Crippen molar-refractivity contribution in [1.29, 1.82) is 0 Å². The van der Waals surface area contributed by atoms with Crippen LogP contribution in [0.2, 0.25) is 0 Å². The first-order valence-electron chi connectivity index (χ1n) is 23.4. The zero-order valence-electron chi connectivity index (χ0n) is 41.9. The largest absolute Gasteiger partial charge is 0.466 e. The number of hydrogen-bond donors (Lipinski definition) is 11. The van der Waals surface area contributed by atoms with Crippen LogP contribution in [-0.4, -0.2) is 167 Å². The Balaban J connectivity index is 0.000000865. The molecule has 71 heavy (non-hydrogen) atoms. The van der Waals surface area contributed by atoms with Gasteiger partial charge in [0.05, 0.1) is 55.9 Å². The molecular weight excluding hydrogens is 937 g/mol. The minimum atomic E-state index is -1.72. The van der Waals surface area contributed by atoms with E-state index in [0.717, 1.165) is 5.56 Å². The number of aliphatic hydroxyl groups excluding tert-OH is 8. The number of ether oxygens (including phenoxy) is 5. The van der Waals surface area contributed by atoms with Crippen LogP contribution in [0, 0.1) is 23.7 Å². The van der Waals surface area contributed by atoms with Crippen molar-refractivity contribution in [2.75, 3.05) is 7.11 Å². The second-order valence-corrected chi connectivity index (χ2v) is 19.9. The van der Waals surface area contributed by atoms with Crippen molar-refractivity contribution in [3.05, 3.63) is 41.0 Å². The Bertz CT molecular complexity index is 1570. The third kappa shape index (κ3) is 21.5. The fourth-order valence-corrected chi connectivity index (χ4v) is 8.99. The molecule has 4 aliphatic carbocycles. The molecule has 0 aromatic heterocycles. The molecule has 1 aromatic rings. The summed E-state index contributed by atoms with van der Waals surface area (Å²) in [7, 11) is 1.38. The molecule has 11 N–H and O–H groups in total. The maximum atomic E-state index is 11.1. The summed E-state index contributed by atoms with van der Waals surface area (Å²) < 4.78 is 22.8. The van der Waals surface area contributed by atoms with Crippen LogP contribution >= 0.6 is 0 Å². The smallest absolute Gasteiger partial charge is 0.330 e. The number of hydrogen-bond acceptors (Lipinski definition) is 21. The number of methoxy groups -OCH3 is 1. The van der Waals surface area contributed by atoms with Crippen LogP contribution in [-0.2, 0) is 47.7 Å². The lowest BCUT2D eigenvalue weighted by atomic mass is 9.76. The molecule has 0 aliphatic heterocycles. The highest BCUT2D eigenvalue weighted by molar-refractivity contribution is 5.87. The van der Waals surface area contributed by atoms with Crippen LogP contribution in [0.5, 0.6) is 0 Å². The second kappa shape index (κ2) is 30.2. The minimum Gasteiger partial charge on any atom is -0.466 e. The van der Waals surface area contributed by atoms with Crippen molar-refractivity contribution in [2.24, 2.45) is 23.7 Å². The highest BCUT2D eigenvalue weighted by Gasteiger charge is 2.46. The van der Waals surface area contributed by atoms with Crippen molar-refractivity contribution in [2.45, 2.75) is 205 Å². The van der Waals surface area contributed by atoms with Crippen LogP contribution in [0.1, 0.15) is 150 Å². The van der Waals surface area contributed by atoms with Gasteiger partial charge in [-0.25, -0.2) is 4.79 Å². The van der Waals surface area contributed by atoms with Gasteiger partial charge in [0.2, 0.25) is 17.4 Å². The third-order valence-electron chi connectivity index (χ3n) is 13.0. The maximum absolute atomic E-state index is 11.1. The van der Waals surface area contributed by atoms with Crippen molar-refractivity contribution >= 4 is 37.9 Å². The van der Waals surface area contributed by atoms with Gasteiger partial charge in [-0.3, -0.25) is 19.2 Å². The molecule has 0 spiro atoms. The van der Waals surface area contributed by atoms with E-state index in [1.165, 1.54) is 24.3 Å². The highest BCUT2D eigenvalue weighted by Crippen LogP contribution is 2.37. The molecular formula is C50H84O21. The van der Waals surface area contributed by atoms with Crippen LogP contribution in [0.3, 0.4) is 0 Å². The first kappa shape index (κ1) is 66.9. The summed E-state index contributed by atoms with van der Waals surface area (Å²) in [6.07, 6.45) is -3.00. The monoisotopic (exact) mass is 1020 g/mol. The van der Waals surface area contributed by atoms with E-state index in [9.17, 15) is 80.1 Å². The van der Waals surface area contributed by atoms with Crippen LogP contribution in [0.15, 0.2) is 24.3 Å². The summed E-state index contributed by atoms with van der Waals surface area (Å²) in [5, 5.41) is 104. The molecule has 4 aliphatic rings. The van der Waals surface area contributed by atoms with E-state index in [2.05, 4.69) is 58.8 Å². The number of carbonyl (C=O) groups excluding carboxylic acids is 5. The van der Waals surface area contributed by atoms with Gasteiger partial charge >= 0.3 is 5.97 Å². The average Bonchev–Trinajstić information content (AvgIpc) is 3.25. The zero-order valence-corrected chi connectivity index (χ0v) is 41.9. The Hall–Kier alpha value is -4.13. The van der Waals surface area contributed by atoms with Gasteiger partial charge in [0.15, 0.2) is 0 Å². The predicted octanol–water partition coefficient (Wildman–Crippen LogP) is 1.82. The van der Waals surface area contributed by atoms with Crippen molar-refractivity contribution in [1.82, 2.24) is 0 Å². The van der Waals surface area contributed by atoms with E-state index in [0.29, 0.717) is 31.1 Å². The molecule has 0 amide bonds. The number of aliphatic hydroxyl groups is 11. The molecule has 1 aromatic carbocycles. The SMILES string of the molecule is C.CC1C(O)CC(O)(OC=O)CC1O.CC1CC(C)(OC=O)CC(O)C1O.CC1CC(O)(OC=O)CC(O)C1O.CC1CC(O)(OC=O)CC(O)C1O.COC(=O)/C=C/c1ccc(C(C)C)c(C(C)C)c1. The Kier molecular flexibility index (Phi) is 28.4. The Morgan fingerprint density at radius 3 is 1.24 bits per heavy atom. The van der Waals surface area contributed by atoms with Gasteiger partial charge in [-0.05, 0) is 65.7 Å². The first-order chi connectivity index (χ1) is 32.4. The van der Waals surface area contributed by atoms with E-state index in [-0.39, 0.29) is 95.0 Å². The van der Waals surface area contributed by atoms with E-state index < -0.39 is 71.8 Å². The minimum absolute atomic E-state index is 0. The zero-order chi connectivity index (χ0) is 53.9. The third-order valence-corrected chi connectivity index (χ3v) is 13.0. The van der Waals surface area contributed by atoms with E-state index in [1.54, 1.807) is 33.8 Å². The van der Waals surface area contributed by atoms with Gasteiger partial charge in [0, 0.05) is 56.9 Å². The van der Waals surface area contributed by atoms with Gasteiger partial charge in [0.25, 0.3) is 25.9 Å². The molecule has 4 fully saturated rings. The number of carbonyl (C=O) groups is 5. The predicted molar refractivity (Wildman–Crippen MR) is 256 cm³/mol. The molecule has 410 valence electrons. The molecule has 0 radical (unpaired) electrons. The van der Waals surface area contributed by atoms with Crippen LogP contribution in [0.25, 0.3) is 6.08 Å². The molecule has 14 atom stereocenters. The van der Waals surface area contributed by atoms with E-state index in [1.807, 2.05) is 13.0 Å². The van der Waals surface area contributed by atoms with Gasteiger partial charge < -0.3 is 79.9 Å². The summed E-state index contributed by atoms with van der Waals surface area (Å²) >= 11 is 0. The normalized spacial score (nSPS) is 36.4. The summed E-state index contributed by atoms with van der Waals surface area (Å²) in [5.41, 5.74) is 3.13. The van der Waals surface area contributed by atoms with Gasteiger partial charge in [-0.2, -0.15) is 0 Å². The van der Waals surface area contributed by atoms with Gasteiger partial charge in [-0.1, -0.05) is 81.0 Å². The quantitative estimate of drug-likeness (QED) is 0.0468. The average molecular weight is 1020 g/mol. The number of benzene rings is 1. The van der Waals surface area contributed by atoms with Crippen LogP contribution < -0.4 is 0 Å². The Labute approximate surface area is 417 Å². The molecule has 0 saturated heterocycles. The summed E-state index contributed by atoms with van der Waals surface area (Å²) in [6.45, 7) is 18.2. The summed E-state index contributed by atoms with van der Waals surface area (Å²) in [5.74, 6) is -5.25. The Morgan fingerprint density at radius 2 is 0.901 bits per heavy atom. The topological polar surface area (TPSA) is 354 Å². The molecule has 14 unspecified atom stereocenters. The molecule has 21 heteroatoms. The molecule has 0 bridgehead atoms. The van der Waals surface area contributed by atoms with E-state index in [4.69, 9.17) is 4.74 Å².